The molecule has 1 aromatic carbocycles. The fourth-order valence-corrected chi connectivity index (χ4v) is 2.48. The van der Waals surface area contributed by atoms with Crippen molar-refractivity contribution in [2.24, 2.45) is 0 Å². The van der Waals surface area contributed by atoms with E-state index >= 15 is 0 Å². The van der Waals surface area contributed by atoms with Crippen LogP contribution in [0.5, 0.6) is 0 Å². The molecule has 0 amide bonds. The molecule has 0 radical (unpaired) electrons. The first-order chi connectivity index (χ1) is 7.03. The van der Waals surface area contributed by atoms with Crippen LogP contribution in [0.2, 0.25) is 5.02 Å². The van der Waals surface area contributed by atoms with Crippen molar-refractivity contribution in [1.29, 1.82) is 0 Å². The van der Waals surface area contributed by atoms with Gasteiger partial charge in [0.05, 0.1) is 5.41 Å². The fourth-order valence-electron chi connectivity index (χ4n) is 1.39. The maximum atomic E-state index is 6.17. The van der Waals surface area contributed by atoms with Gasteiger partial charge in [-0.25, -0.2) is 0 Å². The molecule has 1 aromatic rings. The highest BCUT2D eigenvalue weighted by molar-refractivity contribution is 9.10. The minimum absolute atomic E-state index is 0.381. The number of benzene rings is 1. The molecule has 0 aliphatic carbocycles. The Kier molecular flexibility index (Phi) is 4.52. The molecule has 15 heavy (non-hydrogen) atoms. The summed E-state index contributed by atoms with van der Waals surface area (Å²) in [6.07, 6.45) is 0. The molecule has 1 atom stereocenters. The summed E-state index contributed by atoms with van der Waals surface area (Å²) in [7, 11) is 0. The minimum Gasteiger partial charge on any atom is -0.125 e. The molecule has 0 fully saturated rings. The minimum atomic E-state index is -0.381. The Labute approximate surface area is 109 Å². The zero-order valence-corrected chi connectivity index (χ0v) is 11.7. The fraction of sp³-hybridized carbons (Fsp3) is 0.333. The summed E-state index contributed by atoms with van der Waals surface area (Å²) in [5.41, 5.74) is 0.588. The van der Waals surface area contributed by atoms with Crippen molar-refractivity contribution in [1.82, 2.24) is 0 Å². The summed E-state index contributed by atoms with van der Waals surface area (Å²) in [5, 5.41) is 0.690. The standard InChI is InChI=1S/C12H11BrCl2/c1-3-6-12(2,8-14)10-5-4-9(13)7-11(10)15/h4-5,7H,8H2,1-2H3. The lowest BCUT2D eigenvalue weighted by Gasteiger charge is -2.22. The van der Waals surface area contributed by atoms with E-state index in [1.165, 1.54) is 0 Å². The van der Waals surface area contributed by atoms with Crippen LogP contribution >= 0.6 is 39.1 Å². The number of hydrogen-bond acceptors (Lipinski definition) is 0. The Bertz CT molecular complexity index is 417. The third-order valence-electron chi connectivity index (χ3n) is 2.19. The van der Waals surface area contributed by atoms with Gasteiger partial charge in [-0.3, -0.25) is 0 Å². The second kappa shape index (κ2) is 5.25. The molecule has 0 heterocycles. The van der Waals surface area contributed by atoms with Gasteiger partial charge >= 0.3 is 0 Å². The molecule has 0 aliphatic heterocycles. The first-order valence-electron chi connectivity index (χ1n) is 4.49. The lowest BCUT2D eigenvalue weighted by atomic mass is 9.85. The highest BCUT2D eigenvalue weighted by Gasteiger charge is 2.25. The van der Waals surface area contributed by atoms with Gasteiger partial charge in [0.25, 0.3) is 0 Å². The summed E-state index contributed by atoms with van der Waals surface area (Å²) in [6, 6.07) is 5.77. The van der Waals surface area contributed by atoms with Crippen LogP contribution in [0.4, 0.5) is 0 Å². The van der Waals surface area contributed by atoms with Crippen LogP contribution in [-0.2, 0) is 5.41 Å². The predicted molar refractivity (Wildman–Crippen MR) is 70.7 cm³/mol. The van der Waals surface area contributed by atoms with E-state index in [0.717, 1.165) is 10.0 Å². The number of hydrogen-bond donors (Lipinski definition) is 0. The summed E-state index contributed by atoms with van der Waals surface area (Å²) >= 11 is 15.5. The average Bonchev–Trinajstić information content (AvgIpc) is 2.17. The van der Waals surface area contributed by atoms with E-state index in [2.05, 4.69) is 27.8 Å². The Balaban J connectivity index is 3.28. The Morgan fingerprint density at radius 2 is 2.13 bits per heavy atom. The molecular weight excluding hydrogens is 295 g/mol. The topological polar surface area (TPSA) is 0 Å². The van der Waals surface area contributed by atoms with Crippen molar-refractivity contribution in [3.8, 4) is 11.8 Å². The zero-order chi connectivity index (χ0) is 11.5. The summed E-state index contributed by atoms with van der Waals surface area (Å²) in [6.45, 7) is 3.79. The molecule has 0 aliphatic rings. The van der Waals surface area contributed by atoms with Gasteiger partial charge in [0.1, 0.15) is 0 Å². The first kappa shape index (κ1) is 12.9. The monoisotopic (exact) mass is 304 g/mol. The van der Waals surface area contributed by atoms with Gasteiger partial charge in [0.15, 0.2) is 0 Å². The SMILES string of the molecule is CC#CC(C)(CCl)c1ccc(Br)cc1Cl. The van der Waals surface area contributed by atoms with Gasteiger partial charge in [-0.2, -0.15) is 0 Å². The summed E-state index contributed by atoms with van der Waals surface area (Å²) < 4.78 is 0.956. The Morgan fingerprint density at radius 3 is 2.60 bits per heavy atom. The van der Waals surface area contributed by atoms with E-state index in [0.29, 0.717) is 10.9 Å². The van der Waals surface area contributed by atoms with E-state index in [-0.39, 0.29) is 5.41 Å². The van der Waals surface area contributed by atoms with E-state index < -0.39 is 0 Å². The van der Waals surface area contributed by atoms with Gasteiger partial charge in [-0.05, 0) is 31.5 Å². The third kappa shape index (κ3) is 2.91. The average molecular weight is 306 g/mol. The Morgan fingerprint density at radius 1 is 1.47 bits per heavy atom. The van der Waals surface area contributed by atoms with Crippen LogP contribution in [0.1, 0.15) is 19.4 Å². The molecule has 1 unspecified atom stereocenters. The van der Waals surface area contributed by atoms with Crippen molar-refractivity contribution >= 4 is 39.1 Å². The molecule has 0 saturated carbocycles. The Hall–Kier alpha value is -0.160. The molecule has 3 heteroatoms. The lowest BCUT2D eigenvalue weighted by Crippen LogP contribution is -2.22. The van der Waals surface area contributed by atoms with Crippen molar-refractivity contribution in [3.05, 3.63) is 33.3 Å². The van der Waals surface area contributed by atoms with E-state index in [4.69, 9.17) is 23.2 Å². The molecule has 0 N–H and O–H groups in total. The zero-order valence-electron chi connectivity index (χ0n) is 8.57. The van der Waals surface area contributed by atoms with Crippen LogP contribution in [0.3, 0.4) is 0 Å². The number of halogens is 3. The van der Waals surface area contributed by atoms with Crippen LogP contribution in [0, 0.1) is 11.8 Å². The van der Waals surface area contributed by atoms with E-state index in [1.807, 2.05) is 25.1 Å². The molecular formula is C12H11BrCl2. The highest BCUT2D eigenvalue weighted by Crippen LogP contribution is 2.32. The van der Waals surface area contributed by atoms with Crippen LogP contribution in [0.25, 0.3) is 0 Å². The number of rotatable bonds is 2. The predicted octanol–water partition coefficient (Wildman–Crippen LogP) is 4.62. The largest absolute Gasteiger partial charge is 0.125 e. The van der Waals surface area contributed by atoms with Crippen LogP contribution in [0.15, 0.2) is 22.7 Å². The summed E-state index contributed by atoms with van der Waals surface area (Å²) in [4.78, 5) is 0. The molecule has 1 rings (SSSR count). The van der Waals surface area contributed by atoms with E-state index in [9.17, 15) is 0 Å². The third-order valence-corrected chi connectivity index (χ3v) is 3.53. The molecule has 0 bridgehead atoms. The first-order valence-corrected chi connectivity index (χ1v) is 6.19. The molecule has 0 spiro atoms. The molecule has 0 aromatic heterocycles. The molecule has 0 nitrogen and oxygen atoms in total. The lowest BCUT2D eigenvalue weighted by molar-refractivity contribution is 0.706. The van der Waals surface area contributed by atoms with Crippen molar-refractivity contribution in [2.75, 3.05) is 5.88 Å². The van der Waals surface area contributed by atoms with Gasteiger partial charge in [-0.1, -0.05) is 39.5 Å². The molecule has 0 saturated heterocycles. The quantitative estimate of drug-likeness (QED) is 0.552. The smallest absolute Gasteiger partial charge is 0.0684 e. The second-order valence-electron chi connectivity index (χ2n) is 3.46. The highest BCUT2D eigenvalue weighted by atomic mass is 79.9. The van der Waals surface area contributed by atoms with Crippen molar-refractivity contribution in [3.63, 3.8) is 0 Å². The van der Waals surface area contributed by atoms with Crippen LogP contribution < -0.4 is 0 Å². The summed E-state index contributed by atoms with van der Waals surface area (Å²) in [5.74, 6) is 6.42. The van der Waals surface area contributed by atoms with Crippen molar-refractivity contribution < 1.29 is 0 Å². The van der Waals surface area contributed by atoms with Gasteiger partial charge in [0.2, 0.25) is 0 Å². The second-order valence-corrected chi connectivity index (χ2v) is 5.06. The van der Waals surface area contributed by atoms with E-state index in [1.54, 1.807) is 6.92 Å². The van der Waals surface area contributed by atoms with Gasteiger partial charge in [0, 0.05) is 15.4 Å². The molecule has 80 valence electrons. The van der Waals surface area contributed by atoms with Crippen molar-refractivity contribution in [2.45, 2.75) is 19.3 Å². The number of alkyl halides is 1. The van der Waals surface area contributed by atoms with Crippen LogP contribution in [-0.4, -0.2) is 5.88 Å². The maximum Gasteiger partial charge on any atom is 0.0684 e. The normalized spacial score (nSPS) is 13.9. The maximum absolute atomic E-state index is 6.17. The van der Waals surface area contributed by atoms with Gasteiger partial charge in [-0.15, -0.1) is 17.5 Å². The van der Waals surface area contributed by atoms with Gasteiger partial charge < -0.3 is 0 Å².